The van der Waals surface area contributed by atoms with Gasteiger partial charge >= 0.3 is 0 Å². The van der Waals surface area contributed by atoms with Gasteiger partial charge in [0.15, 0.2) is 11.5 Å². The minimum atomic E-state index is 0.00303. The first-order valence-corrected chi connectivity index (χ1v) is 8.74. The smallest absolute Gasteiger partial charge is 0.152 e. The normalized spacial score (nSPS) is 20.8. The number of allylic oxidation sites excluding steroid dienone is 2. The molecule has 0 spiro atoms. The number of hydrogen-bond donors (Lipinski definition) is 0. The quantitative estimate of drug-likeness (QED) is 0.315. The van der Waals surface area contributed by atoms with Crippen molar-refractivity contribution in [1.29, 1.82) is 0 Å². The van der Waals surface area contributed by atoms with E-state index in [0.717, 1.165) is 22.7 Å². The molecule has 0 bridgehead atoms. The Bertz CT molecular complexity index is 1120. The summed E-state index contributed by atoms with van der Waals surface area (Å²) >= 11 is 2.49. The molecular formula is C20H14INO. The van der Waals surface area contributed by atoms with Crippen LogP contribution in [0.25, 0.3) is 28.7 Å². The topological polar surface area (TPSA) is 14.2 Å². The van der Waals surface area contributed by atoms with Gasteiger partial charge in [0.25, 0.3) is 0 Å². The van der Waals surface area contributed by atoms with E-state index in [1.54, 1.807) is 0 Å². The molecule has 0 N–H and O–H groups in total. The molecule has 2 aromatic carbocycles. The molecule has 2 heterocycles. The highest BCUT2D eigenvalue weighted by molar-refractivity contribution is 14.1. The van der Waals surface area contributed by atoms with Crippen molar-refractivity contribution >= 4 is 45.6 Å². The van der Waals surface area contributed by atoms with Crippen molar-refractivity contribution in [2.75, 3.05) is 0 Å². The molecule has 1 atom stereocenters. The van der Waals surface area contributed by atoms with Crippen LogP contribution in [-0.2, 0) is 0 Å². The average molecular weight is 411 g/mol. The van der Waals surface area contributed by atoms with Crippen molar-refractivity contribution in [3.63, 3.8) is 0 Å². The second kappa shape index (κ2) is 4.51. The summed E-state index contributed by atoms with van der Waals surface area (Å²) in [6.07, 6.45) is 8.96. The van der Waals surface area contributed by atoms with Gasteiger partial charge in [-0.15, -0.1) is 0 Å². The Morgan fingerprint density at radius 2 is 1.87 bits per heavy atom. The first-order valence-electron chi connectivity index (χ1n) is 7.66. The van der Waals surface area contributed by atoms with E-state index in [0.29, 0.717) is 0 Å². The summed E-state index contributed by atoms with van der Waals surface area (Å²) in [5.74, 6) is 1.83. The van der Waals surface area contributed by atoms with Crippen LogP contribution in [-0.4, -0.2) is 7.99 Å². The predicted octanol–water partition coefficient (Wildman–Crippen LogP) is 4.06. The number of fused-ring (bicyclic) bond motifs is 5. The highest BCUT2D eigenvalue weighted by Gasteiger charge is 2.23. The molecular weight excluding hydrogens is 397 g/mol. The maximum atomic E-state index is 6.14. The third-order valence-electron chi connectivity index (χ3n) is 4.46. The average Bonchev–Trinajstić information content (AvgIpc) is 2.73. The lowest BCUT2D eigenvalue weighted by Gasteiger charge is -2.20. The van der Waals surface area contributed by atoms with Gasteiger partial charge in [-0.1, -0.05) is 65.1 Å². The van der Waals surface area contributed by atoms with E-state index < -0.39 is 0 Å². The molecule has 112 valence electrons. The van der Waals surface area contributed by atoms with E-state index in [1.165, 1.54) is 16.0 Å². The molecule has 0 fully saturated rings. The van der Waals surface area contributed by atoms with Crippen LogP contribution in [0.4, 0.5) is 0 Å². The summed E-state index contributed by atoms with van der Waals surface area (Å²) in [5.41, 5.74) is 2.26. The van der Waals surface area contributed by atoms with Gasteiger partial charge in [0, 0.05) is 10.6 Å². The Hall–Kier alpha value is -2.01. The van der Waals surface area contributed by atoms with Crippen molar-refractivity contribution < 1.29 is 4.74 Å². The Kier molecular flexibility index (Phi) is 2.63. The van der Waals surface area contributed by atoms with E-state index in [4.69, 9.17) is 4.74 Å². The van der Waals surface area contributed by atoms with Crippen LogP contribution in [0, 0.1) is 0 Å². The maximum Gasteiger partial charge on any atom is 0.152 e. The number of nitrogens with zero attached hydrogens (tertiary/aromatic N) is 1. The number of halogens is 1. The number of benzene rings is 2. The zero-order valence-corrected chi connectivity index (χ0v) is 14.7. The van der Waals surface area contributed by atoms with E-state index in [1.807, 2.05) is 18.2 Å². The highest BCUT2D eigenvalue weighted by atomic mass is 127. The number of hydrogen-bond acceptors (Lipinski definition) is 1. The summed E-state index contributed by atoms with van der Waals surface area (Å²) in [4.78, 5) is 0. The van der Waals surface area contributed by atoms with Crippen molar-refractivity contribution in [3.05, 3.63) is 65.2 Å². The Balaban J connectivity index is 2.08. The Morgan fingerprint density at radius 1 is 1.04 bits per heavy atom. The monoisotopic (exact) mass is 411 g/mol. The van der Waals surface area contributed by atoms with Crippen molar-refractivity contribution in [1.82, 2.24) is 4.57 Å². The number of aromatic nitrogens is 1. The molecule has 2 aliphatic rings. The molecule has 0 saturated carbocycles. The number of ether oxygens (including phenoxy) is 1. The van der Waals surface area contributed by atoms with Crippen LogP contribution in [0.1, 0.15) is 6.92 Å². The van der Waals surface area contributed by atoms with Gasteiger partial charge in [-0.05, 0) is 31.2 Å². The first kappa shape index (κ1) is 13.4. The van der Waals surface area contributed by atoms with E-state index in [2.05, 4.69) is 82.7 Å². The van der Waals surface area contributed by atoms with E-state index >= 15 is 0 Å². The zero-order valence-electron chi connectivity index (χ0n) is 12.6. The Labute approximate surface area is 147 Å². The first-order chi connectivity index (χ1) is 11.1. The lowest BCUT2D eigenvalue weighted by molar-refractivity contribution is 0.475. The molecule has 0 amide bonds. The molecule has 23 heavy (non-hydrogen) atoms. The number of alkyl halides is 1. The van der Waals surface area contributed by atoms with Gasteiger partial charge in [-0.2, -0.15) is 0 Å². The molecule has 0 saturated heterocycles. The fraction of sp³-hybridized carbons (Fsp3) is 0.100. The third-order valence-corrected chi connectivity index (χ3v) is 5.13. The fourth-order valence-corrected chi connectivity index (χ4v) is 4.02. The molecule has 5 rings (SSSR count). The largest absolute Gasteiger partial charge is 0.453 e. The van der Waals surface area contributed by atoms with Crippen LogP contribution in [0.3, 0.4) is 0 Å². The predicted molar refractivity (Wildman–Crippen MR) is 103 cm³/mol. The zero-order chi connectivity index (χ0) is 15.6. The third kappa shape index (κ3) is 1.86. The van der Waals surface area contributed by atoms with Crippen molar-refractivity contribution in [3.8, 4) is 17.2 Å². The van der Waals surface area contributed by atoms with E-state index in [-0.39, 0.29) is 3.42 Å². The molecule has 1 aromatic heterocycles. The van der Waals surface area contributed by atoms with Gasteiger partial charge in [0.05, 0.1) is 20.0 Å². The highest BCUT2D eigenvalue weighted by Crippen LogP contribution is 2.38. The molecule has 3 heteroatoms. The maximum absolute atomic E-state index is 6.14. The molecule has 3 aromatic rings. The van der Waals surface area contributed by atoms with Crippen LogP contribution >= 0.6 is 22.6 Å². The van der Waals surface area contributed by atoms with Gasteiger partial charge in [0.2, 0.25) is 0 Å². The molecule has 2 nitrogen and oxygen atoms in total. The fourth-order valence-electron chi connectivity index (χ4n) is 3.50. The minimum absolute atomic E-state index is 0.00303. The SMILES string of the molecule is CC1(I)C=CC=c2c(c3cccc4c3n2-c2ccccc2O4)=C1. The summed E-state index contributed by atoms with van der Waals surface area (Å²) in [6.45, 7) is 2.23. The van der Waals surface area contributed by atoms with Crippen LogP contribution < -0.4 is 15.3 Å². The molecule has 0 radical (unpaired) electrons. The lowest BCUT2D eigenvalue weighted by atomic mass is 10.1. The molecule has 1 unspecified atom stereocenters. The molecule has 1 aliphatic carbocycles. The van der Waals surface area contributed by atoms with Gasteiger partial charge in [-0.25, -0.2) is 0 Å². The Morgan fingerprint density at radius 3 is 2.78 bits per heavy atom. The second-order valence-corrected chi connectivity index (χ2v) is 8.50. The summed E-state index contributed by atoms with van der Waals surface area (Å²) < 4.78 is 8.48. The van der Waals surface area contributed by atoms with E-state index in [9.17, 15) is 0 Å². The van der Waals surface area contributed by atoms with Gasteiger partial charge < -0.3 is 9.30 Å². The number of para-hydroxylation sites is 3. The standard InChI is InChI=1S/C20H14INO/c1-20(21)11-5-8-15-14(12-20)13-6-4-10-18-19(13)22(15)16-7-2-3-9-17(16)23-18/h2-12H,1H3. The van der Waals surface area contributed by atoms with Crippen LogP contribution in [0.15, 0.2) is 54.6 Å². The van der Waals surface area contributed by atoms with Crippen molar-refractivity contribution in [2.45, 2.75) is 10.3 Å². The van der Waals surface area contributed by atoms with Crippen molar-refractivity contribution in [2.24, 2.45) is 0 Å². The lowest BCUT2D eigenvalue weighted by Crippen LogP contribution is -2.30. The molecule has 1 aliphatic heterocycles. The summed E-state index contributed by atoms with van der Waals surface area (Å²) in [7, 11) is 0. The van der Waals surface area contributed by atoms with Crippen LogP contribution in [0.2, 0.25) is 0 Å². The number of rotatable bonds is 0. The second-order valence-electron chi connectivity index (χ2n) is 6.18. The van der Waals surface area contributed by atoms with Crippen LogP contribution in [0.5, 0.6) is 11.5 Å². The van der Waals surface area contributed by atoms with Gasteiger partial charge in [0.1, 0.15) is 0 Å². The minimum Gasteiger partial charge on any atom is -0.453 e. The summed E-state index contributed by atoms with van der Waals surface area (Å²) in [5, 5.41) is 3.75. The van der Waals surface area contributed by atoms with Gasteiger partial charge in [-0.3, -0.25) is 0 Å². The summed E-state index contributed by atoms with van der Waals surface area (Å²) in [6, 6.07) is 14.5.